The van der Waals surface area contributed by atoms with Crippen LogP contribution in [0.15, 0.2) is 174 Å². The Balaban J connectivity index is 1.54. The molecular weight excluding hydrogens is 542 g/mol. The average Bonchev–Trinajstić information content (AvgIpc) is 3.10. The van der Waals surface area contributed by atoms with E-state index in [-0.39, 0.29) is 0 Å². The Morgan fingerprint density at radius 1 is 0.822 bits per heavy atom. The van der Waals surface area contributed by atoms with E-state index in [9.17, 15) is 0 Å². The second-order valence-corrected chi connectivity index (χ2v) is 11.8. The summed E-state index contributed by atoms with van der Waals surface area (Å²) in [5.74, 6) is 0.688. The highest BCUT2D eigenvalue weighted by Gasteiger charge is 2.33. The zero-order valence-corrected chi connectivity index (χ0v) is 27.4. The van der Waals surface area contributed by atoms with Gasteiger partial charge in [0.1, 0.15) is 0 Å². The lowest BCUT2D eigenvalue weighted by Gasteiger charge is -2.40. The first-order valence-electron chi connectivity index (χ1n) is 16.5. The lowest BCUT2D eigenvalue weighted by molar-refractivity contribution is 0.570. The smallest absolute Gasteiger partial charge is 0.0412 e. The van der Waals surface area contributed by atoms with Crippen LogP contribution in [0.4, 0.5) is 5.69 Å². The van der Waals surface area contributed by atoms with Gasteiger partial charge in [-0.3, -0.25) is 0 Å². The highest BCUT2D eigenvalue weighted by molar-refractivity contribution is 5.75. The molecule has 0 saturated carbocycles. The normalized spacial score (nSPS) is 20.4. The zero-order chi connectivity index (χ0) is 31.4. The molecule has 0 spiro atoms. The third kappa shape index (κ3) is 7.73. The minimum absolute atomic E-state index is 0.309. The number of allylic oxidation sites excluding steroid dienone is 20. The first-order chi connectivity index (χ1) is 22.1. The summed E-state index contributed by atoms with van der Waals surface area (Å²) in [6.45, 7) is 9.28. The van der Waals surface area contributed by atoms with E-state index < -0.39 is 0 Å². The molecule has 3 aliphatic rings. The van der Waals surface area contributed by atoms with Crippen molar-refractivity contribution in [2.24, 2.45) is 11.8 Å². The van der Waals surface area contributed by atoms with Crippen molar-refractivity contribution in [3.8, 4) is 0 Å². The van der Waals surface area contributed by atoms with Crippen molar-refractivity contribution in [2.45, 2.75) is 47.0 Å². The third-order valence-electron chi connectivity index (χ3n) is 8.96. The molecule has 45 heavy (non-hydrogen) atoms. The van der Waals surface area contributed by atoms with Gasteiger partial charge < -0.3 is 4.90 Å². The Bertz CT molecular complexity index is 1660. The van der Waals surface area contributed by atoms with Crippen molar-refractivity contribution in [1.29, 1.82) is 0 Å². The highest BCUT2D eigenvalue weighted by Crippen LogP contribution is 2.44. The summed E-state index contributed by atoms with van der Waals surface area (Å²) in [5.41, 5.74) is 12.0. The molecule has 0 fully saturated rings. The molecule has 1 heteroatoms. The van der Waals surface area contributed by atoms with Crippen molar-refractivity contribution in [2.75, 3.05) is 11.4 Å². The monoisotopic (exact) mass is 589 g/mol. The van der Waals surface area contributed by atoms with Crippen LogP contribution >= 0.6 is 0 Å². The molecule has 0 aliphatic heterocycles. The van der Waals surface area contributed by atoms with Crippen LogP contribution in [0.25, 0.3) is 11.1 Å². The molecular formula is C44H47N. The lowest BCUT2D eigenvalue weighted by atomic mass is 9.72. The van der Waals surface area contributed by atoms with E-state index in [0.717, 1.165) is 25.8 Å². The molecule has 2 aromatic rings. The van der Waals surface area contributed by atoms with E-state index in [0.29, 0.717) is 11.8 Å². The van der Waals surface area contributed by atoms with Crippen LogP contribution in [-0.2, 0) is 0 Å². The summed E-state index contributed by atoms with van der Waals surface area (Å²) in [7, 11) is 0. The molecule has 0 heterocycles. The van der Waals surface area contributed by atoms with Crippen LogP contribution < -0.4 is 4.90 Å². The maximum Gasteiger partial charge on any atom is 0.0412 e. The van der Waals surface area contributed by atoms with Gasteiger partial charge in [0, 0.05) is 29.8 Å². The molecule has 5 rings (SSSR count). The zero-order valence-electron chi connectivity index (χ0n) is 27.4. The predicted octanol–water partition coefficient (Wildman–Crippen LogP) is 11.9. The van der Waals surface area contributed by atoms with Crippen LogP contribution in [0.1, 0.15) is 58.1 Å². The van der Waals surface area contributed by atoms with Gasteiger partial charge in [0.25, 0.3) is 0 Å². The third-order valence-corrected chi connectivity index (χ3v) is 8.96. The Morgan fingerprint density at radius 2 is 1.60 bits per heavy atom. The fourth-order valence-electron chi connectivity index (χ4n) is 6.54. The molecule has 0 radical (unpaired) electrons. The first-order valence-corrected chi connectivity index (χ1v) is 16.5. The summed E-state index contributed by atoms with van der Waals surface area (Å²) in [6, 6.07) is 19.9. The molecule has 0 aromatic heterocycles. The van der Waals surface area contributed by atoms with Gasteiger partial charge in [0.05, 0.1) is 0 Å². The van der Waals surface area contributed by atoms with Gasteiger partial charge in [-0.2, -0.15) is 0 Å². The SMILES string of the molecule is C/C=C\C=C/CC(/C=C\CN(C1=CC2=C(C=CCC2)C2C=CC=CC12)c1ccc(C(/C=C\C)=C/C)cc1)=C(/C)c1ccccc1. The number of nitrogens with zero attached hydrogens (tertiary/aromatic N) is 1. The number of anilines is 1. The molecule has 2 unspecified atom stereocenters. The fraction of sp³-hybridized carbons (Fsp3) is 0.227. The number of fused-ring (bicyclic) bond motifs is 2. The summed E-state index contributed by atoms with van der Waals surface area (Å²) in [4.78, 5) is 2.54. The van der Waals surface area contributed by atoms with Gasteiger partial charge in [-0.15, -0.1) is 0 Å². The molecule has 228 valence electrons. The summed E-state index contributed by atoms with van der Waals surface area (Å²) < 4.78 is 0. The second kappa shape index (κ2) is 15.9. The average molecular weight is 590 g/mol. The fourth-order valence-corrected chi connectivity index (χ4v) is 6.54. The Morgan fingerprint density at radius 3 is 2.33 bits per heavy atom. The van der Waals surface area contributed by atoms with Crippen LogP contribution in [0.2, 0.25) is 0 Å². The van der Waals surface area contributed by atoms with Gasteiger partial charge in [0.15, 0.2) is 0 Å². The van der Waals surface area contributed by atoms with Crippen molar-refractivity contribution in [1.82, 2.24) is 0 Å². The Kier molecular flexibility index (Phi) is 11.2. The first kappa shape index (κ1) is 31.8. The van der Waals surface area contributed by atoms with E-state index >= 15 is 0 Å². The molecule has 2 aromatic carbocycles. The maximum absolute atomic E-state index is 2.54. The molecule has 1 nitrogen and oxygen atoms in total. The van der Waals surface area contributed by atoms with Crippen LogP contribution in [0.5, 0.6) is 0 Å². The van der Waals surface area contributed by atoms with Gasteiger partial charge in [-0.05, 0) is 104 Å². The quantitative estimate of drug-likeness (QED) is 0.236. The van der Waals surface area contributed by atoms with Crippen LogP contribution in [-0.4, -0.2) is 6.54 Å². The van der Waals surface area contributed by atoms with E-state index in [4.69, 9.17) is 0 Å². The van der Waals surface area contributed by atoms with Gasteiger partial charge >= 0.3 is 0 Å². The number of rotatable bonds is 11. The summed E-state index contributed by atoms with van der Waals surface area (Å²) in [5, 5.41) is 0. The number of hydrogen-bond donors (Lipinski definition) is 0. The number of benzene rings is 2. The van der Waals surface area contributed by atoms with Crippen LogP contribution in [0.3, 0.4) is 0 Å². The molecule has 0 N–H and O–H groups in total. The van der Waals surface area contributed by atoms with Crippen molar-refractivity contribution < 1.29 is 0 Å². The summed E-state index contributed by atoms with van der Waals surface area (Å²) >= 11 is 0. The lowest BCUT2D eigenvalue weighted by Crippen LogP contribution is -2.33. The van der Waals surface area contributed by atoms with E-state index in [2.05, 4.69) is 184 Å². The van der Waals surface area contributed by atoms with Gasteiger partial charge in [-0.25, -0.2) is 0 Å². The van der Waals surface area contributed by atoms with E-state index in [1.165, 1.54) is 50.4 Å². The van der Waals surface area contributed by atoms with Gasteiger partial charge in [-0.1, -0.05) is 134 Å². The van der Waals surface area contributed by atoms with E-state index in [1.807, 2.05) is 0 Å². The molecule has 3 aliphatic carbocycles. The standard InChI is InChI=1S/C44H47N/c1-5-8-9-11-20-37(34(4)36-21-12-10-13-22-36)24-18-32-45(40-30-28-38(29-31-40)35(7-3)19-6-2)44-33-39-23-14-15-25-41(39)42-26-16-17-27-43(42)44/h5-13,15-19,21-22,24-31,33,42-43H,14,20,23,32H2,1-4H3/b8-5-,11-9-,19-6-,24-18-,35-7+,37-34+. The van der Waals surface area contributed by atoms with E-state index in [1.54, 1.807) is 0 Å². The predicted molar refractivity (Wildman–Crippen MR) is 198 cm³/mol. The highest BCUT2D eigenvalue weighted by atomic mass is 15.1. The Hall–Kier alpha value is -4.62. The van der Waals surface area contributed by atoms with Gasteiger partial charge in [0.2, 0.25) is 0 Å². The van der Waals surface area contributed by atoms with Crippen molar-refractivity contribution in [3.63, 3.8) is 0 Å². The molecule has 0 saturated heterocycles. The van der Waals surface area contributed by atoms with Crippen molar-refractivity contribution >= 4 is 16.8 Å². The van der Waals surface area contributed by atoms with Crippen LogP contribution in [0, 0.1) is 11.8 Å². The largest absolute Gasteiger partial charge is 0.341 e. The Labute approximate surface area is 271 Å². The maximum atomic E-state index is 2.54. The minimum atomic E-state index is 0.309. The summed E-state index contributed by atoms with van der Waals surface area (Å²) in [6.07, 6.45) is 39.3. The molecule has 2 atom stereocenters. The van der Waals surface area contributed by atoms with Crippen molar-refractivity contribution in [3.05, 3.63) is 185 Å². The molecule has 0 amide bonds. The number of hydrogen-bond acceptors (Lipinski definition) is 1. The molecule has 0 bridgehead atoms. The topological polar surface area (TPSA) is 3.24 Å². The minimum Gasteiger partial charge on any atom is -0.341 e. The second-order valence-electron chi connectivity index (χ2n) is 11.8.